The molecule has 0 fully saturated rings. The van der Waals surface area contributed by atoms with E-state index in [4.69, 9.17) is 4.74 Å². The lowest BCUT2D eigenvalue weighted by atomic mass is 10.0. The third-order valence-corrected chi connectivity index (χ3v) is 16.8. The second kappa shape index (κ2) is 67.8. The summed E-state index contributed by atoms with van der Waals surface area (Å²) < 4.78 is 5.48. The van der Waals surface area contributed by atoms with Crippen LogP contribution in [-0.2, 0) is 14.3 Å². The van der Waals surface area contributed by atoms with E-state index in [-0.39, 0.29) is 18.5 Å². The summed E-state index contributed by atoms with van der Waals surface area (Å²) in [6.45, 7) is 4.95. The molecule has 0 aromatic rings. The highest BCUT2D eigenvalue weighted by molar-refractivity contribution is 5.76. The molecular formula is C72H139NO5. The molecule has 0 bridgehead atoms. The average molecular weight is 1100 g/mol. The van der Waals surface area contributed by atoms with Crippen molar-refractivity contribution >= 4 is 11.9 Å². The van der Waals surface area contributed by atoms with Crippen LogP contribution in [0.2, 0.25) is 0 Å². The van der Waals surface area contributed by atoms with Crippen LogP contribution in [-0.4, -0.2) is 47.4 Å². The Bertz CT molecular complexity index is 1220. The smallest absolute Gasteiger partial charge is 0.305 e. The van der Waals surface area contributed by atoms with Crippen molar-refractivity contribution in [2.45, 2.75) is 411 Å². The Morgan fingerprint density at radius 3 is 1.01 bits per heavy atom. The van der Waals surface area contributed by atoms with Crippen LogP contribution in [0.4, 0.5) is 0 Å². The SMILES string of the molecule is CCCC/C=C\C/C=C\CCCCCCCC(=O)OCCCCCCCCCCCCCCCCCCCCCCCCCCCCC(=O)NC(CO)C(O)CCCCCCCCCCCCCCCCCCCCCCC. The van der Waals surface area contributed by atoms with Gasteiger partial charge in [0.2, 0.25) is 5.91 Å². The second-order valence-electron chi connectivity index (χ2n) is 24.6. The van der Waals surface area contributed by atoms with Crippen molar-refractivity contribution in [3.05, 3.63) is 24.3 Å². The van der Waals surface area contributed by atoms with Gasteiger partial charge in [0, 0.05) is 12.8 Å². The predicted molar refractivity (Wildman–Crippen MR) is 343 cm³/mol. The first-order valence-electron chi connectivity index (χ1n) is 35.6. The molecule has 0 saturated heterocycles. The summed E-state index contributed by atoms with van der Waals surface area (Å²) in [4.78, 5) is 24.6. The Morgan fingerprint density at radius 2 is 0.654 bits per heavy atom. The number of carbonyl (C=O) groups is 2. The molecule has 0 rings (SSSR count). The number of unbranched alkanes of at least 4 members (excludes halogenated alkanes) is 52. The highest BCUT2D eigenvalue weighted by Gasteiger charge is 2.20. The molecule has 0 saturated carbocycles. The third kappa shape index (κ3) is 63.5. The maximum Gasteiger partial charge on any atom is 0.305 e. The number of allylic oxidation sites excluding steroid dienone is 4. The van der Waals surface area contributed by atoms with Crippen molar-refractivity contribution in [3.8, 4) is 0 Å². The number of esters is 1. The number of aliphatic hydroxyl groups excluding tert-OH is 2. The summed E-state index contributed by atoms with van der Waals surface area (Å²) in [6, 6.07) is -0.541. The standard InChI is InChI=1S/C72H139NO5/c1-3-5-7-9-11-13-15-17-19-20-21-28-31-34-37-40-44-48-52-56-60-64-70(75)69(68-74)73-71(76)65-61-57-53-49-45-41-38-35-32-29-26-24-22-23-25-27-30-33-36-39-43-47-51-55-59-63-67-78-72(77)66-62-58-54-50-46-42-18-16-14-12-10-8-6-4-2/h10,12,16,18,69-70,74-75H,3-9,11,13-15,17,19-68H2,1-2H3,(H,73,76)/b12-10-,18-16-. The van der Waals surface area contributed by atoms with Gasteiger partial charge >= 0.3 is 5.97 Å². The Kier molecular flexibility index (Phi) is 66.4. The van der Waals surface area contributed by atoms with Crippen LogP contribution >= 0.6 is 0 Å². The van der Waals surface area contributed by atoms with Crippen molar-refractivity contribution in [2.24, 2.45) is 0 Å². The van der Waals surface area contributed by atoms with E-state index < -0.39 is 12.1 Å². The molecule has 2 atom stereocenters. The number of rotatable bonds is 67. The minimum absolute atomic E-state index is 0.00341. The number of amides is 1. The van der Waals surface area contributed by atoms with E-state index in [1.54, 1.807) is 0 Å². The molecule has 1 amide bonds. The van der Waals surface area contributed by atoms with E-state index in [0.29, 0.717) is 25.9 Å². The predicted octanol–water partition coefficient (Wildman–Crippen LogP) is 22.9. The molecule has 6 heteroatoms. The summed E-state index contributed by atoms with van der Waals surface area (Å²) in [5.41, 5.74) is 0. The van der Waals surface area contributed by atoms with Gasteiger partial charge in [0.05, 0.1) is 25.4 Å². The van der Waals surface area contributed by atoms with Crippen LogP contribution in [0.1, 0.15) is 399 Å². The van der Waals surface area contributed by atoms with Crippen LogP contribution in [0.15, 0.2) is 24.3 Å². The van der Waals surface area contributed by atoms with E-state index >= 15 is 0 Å². The van der Waals surface area contributed by atoms with Crippen LogP contribution < -0.4 is 5.32 Å². The second-order valence-corrected chi connectivity index (χ2v) is 24.6. The quantitative estimate of drug-likeness (QED) is 0.0320. The van der Waals surface area contributed by atoms with E-state index in [0.717, 1.165) is 51.4 Å². The zero-order valence-corrected chi connectivity index (χ0v) is 52.9. The average Bonchev–Trinajstić information content (AvgIpc) is 3.44. The number of nitrogens with one attached hydrogen (secondary N) is 1. The number of hydrogen-bond donors (Lipinski definition) is 3. The molecule has 0 aliphatic carbocycles. The van der Waals surface area contributed by atoms with Crippen molar-refractivity contribution in [3.63, 3.8) is 0 Å². The Hall–Kier alpha value is -1.66. The maximum atomic E-state index is 12.5. The molecule has 0 radical (unpaired) electrons. The van der Waals surface area contributed by atoms with E-state index in [1.807, 2.05) is 0 Å². The molecule has 6 nitrogen and oxygen atoms in total. The van der Waals surface area contributed by atoms with E-state index in [2.05, 4.69) is 43.5 Å². The minimum atomic E-state index is -0.664. The summed E-state index contributed by atoms with van der Waals surface area (Å²) >= 11 is 0. The molecular weight excluding hydrogens is 959 g/mol. The fourth-order valence-corrected chi connectivity index (χ4v) is 11.3. The van der Waals surface area contributed by atoms with Gasteiger partial charge in [0.1, 0.15) is 0 Å². The largest absolute Gasteiger partial charge is 0.466 e. The third-order valence-electron chi connectivity index (χ3n) is 16.8. The fraction of sp³-hybridized carbons (Fsp3) is 0.917. The molecule has 0 aliphatic rings. The van der Waals surface area contributed by atoms with E-state index in [9.17, 15) is 19.8 Å². The summed E-state index contributed by atoms with van der Waals surface area (Å²) in [5, 5.41) is 23.4. The molecule has 462 valence electrons. The Morgan fingerprint density at radius 1 is 0.359 bits per heavy atom. The first-order chi connectivity index (χ1) is 38.5. The van der Waals surface area contributed by atoms with Gasteiger partial charge < -0.3 is 20.3 Å². The van der Waals surface area contributed by atoms with Gasteiger partial charge in [-0.2, -0.15) is 0 Å². The highest BCUT2D eigenvalue weighted by Crippen LogP contribution is 2.19. The number of hydrogen-bond acceptors (Lipinski definition) is 5. The van der Waals surface area contributed by atoms with Crippen molar-refractivity contribution in [1.29, 1.82) is 0 Å². The molecule has 3 N–H and O–H groups in total. The van der Waals surface area contributed by atoms with Crippen LogP contribution in [0.3, 0.4) is 0 Å². The number of ether oxygens (including phenoxy) is 1. The first-order valence-corrected chi connectivity index (χ1v) is 35.6. The summed E-state index contributed by atoms with van der Waals surface area (Å²) in [7, 11) is 0. The molecule has 0 aromatic carbocycles. The first kappa shape index (κ1) is 76.3. The summed E-state index contributed by atoms with van der Waals surface area (Å²) in [6.07, 6.45) is 85.1. The van der Waals surface area contributed by atoms with Gasteiger partial charge in [-0.3, -0.25) is 9.59 Å². The normalized spacial score (nSPS) is 12.6. The van der Waals surface area contributed by atoms with Crippen molar-refractivity contribution < 1.29 is 24.5 Å². The van der Waals surface area contributed by atoms with Gasteiger partial charge in [-0.05, 0) is 51.4 Å². The maximum absolute atomic E-state index is 12.5. The molecule has 0 aromatic heterocycles. The minimum Gasteiger partial charge on any atom is -0.466 e. The van der Waals surface area contributed by atoms with E-state index in [1.165, 1.54) is 315 Å². The van der Waals surface area contributed by atoms with Crippen molar-refractivity contribution in [1.82, 2.24) is 5.32 Å². The lowest BCUT2D eigenvalue weighted by molar-refractivity contribution is -0.143. The van der Waals surface area contributed by atoms with Gasteiger partial charge in [-0.1, -0.05) is 359 Å². The van der Waals surface area contributed by atoms with Gasteiger partial charge in [0.15, 0.2) is 0 Å². The molecule has 0 spiro atoms. The number of carbonyl (C=O) groups excluding carboxylic acids is 2. The van der Waals surface area contributed by atoms with Crippen molar-refractivity contribution in [2.75, 3.05) is 13.2 Å². The zero-order chi connectivity index (χ0) is 56.4. The summed E-state index contributed by atoms with van der Waals surface area (Å²) in [5.74, 6) is -0.0249. The molecule has 0 aliphatic heterocycles. The topological polar surface area (TPSA) is 95.9 Å². The van der Waals surface area contributed by atoms with Crippen LogP contribution in [0.5, 0.6) is 0 Å². The Balaban J connectivity index is 3.36. The van der Waals surface area contributed by atoms with Gasteiger partial charge in [-0.25, -0.2) is 0 Å². The monoisotopic (exact) mass is 1100 g/mol. The van der Waals surface area contributed by atoms with Crippen LogP contribution in [0, 0.1) is 0 Å². The zero-order valence-electron chi connectivity index (χ0n) is 52.9. The highest BCUT2D eigenvalue weighted by atomic mass is 16.5. The van der Waals surface area contributed by atoms with Crippen LogP contribution in [0.25, 0.3) is 0 Å². The fourth-order valence-electron chi connectivity index (χ4n) is 11.3. The lowest BCUT2D eigenvalue weighted by Crippen LogP contribution is -2.45. The Labute approximate surface area is 488 Å². The number of aliphatic hydroxyl groups is 2. The van der Waals surface area contributed by atoms with Gasteiger partial charge in [0.25, 0.3) is 0 Å². The molecule has 2 unspecified atom stereocenters. The molecule has 0 heterocycles. The van der Waals surface area contributed by atoms with Gasteiger partial charge in [-0.15, -0.1) is 0 Å². The molecule has 78 heavy (non-hydrogen) atoms. The lowest BCUT2D eigenvalue weighted by Gasteiger charge is -2.22.